The van der Waals surface area contributed by atoms with Gasteiger partial charge in [-0.15, -0.1) is 0 Å². The van der Waals surface area contributed by atoms with Crippen LogP contribution >= 0.6 is 0 Å². The van der Waals surface area contributed by atoms with E-state index in [1.54, 1.807) is 29.2 Å². The summed E-state index contributed by atoms with van der Waals surface area (Å²) in [5.74, 6) is 1.56. The molecule has 4 aliphatic carbocycles. The lowest BCUT2D eigenvalue weighted by molar-refractivity contribution is -0.166. The van der Waals surface area contributed by atoms with Gasteiger partial charge in [0.05, 0.1) is 23.2 Å². The second kappa shape index (κ2) is 7.39. The summed E-state index contributed by atoms with van der Waals surface area (Å²) in [7, 11) is 0. The van der Waals surface area contributed by atoms with Gasteiger partial charge in [-0.1, -0.05) is 12.1 Å². The molecule has 158 valence electrons. The molecule has 2 atom stereocenters. The number of esters is 1. The van der Waals surface area contributed by atoms with Crippen LogP contribution in [0.5, 0.6) is 0 Å². The van der Waals surface area contributed by atoms with Crippen LogP contribution in [0.1, 0.15) is 56.1 Å². The Kier molecular flexibility index (Phi) is 4.82. The van der Waals surface area contributed by atoms with E-state index >= 15 is 0 Å². The molecule has 5 aliphatic rings. The molecule has 1 heterocycles. The van der Waals surface area contributed by atoms with E-state index in [0.717, 1.165) is 24.8 Å². The molecule has 4 saturated carbocycles. The van der Waals surface area contributed by atoms with Gasteiger partial charge in [-0.3, -0.25) is 4.79 Å². The molecule has 30 heavy (non-hydrogen) atoms. The molecule has 0 radical (unpaired) electrons. The highest BCUT2D eigenvalue weighted by molar-refractivity contribution is 5.89. The van der Waals surface area contributed by atoms with Gasteiger partial charge in [-0.25, -0.2) is 4.79 Å². The van der Waals surface area contributed by atoms with Crippen LogP contribution in [0.3, 0.4) is 0 Å². The molecule has 1 aromatic rings. The van der Waals surface area contributed by atoms with Gasteiger partial charge in [0, 0.05) is 13.0 Å². The molecule has 1 saturated heterocycles. The van der Waals surface area contributed by atoms with Gasteiger partial charge in [0.2, 0.25) is 5.91 Å². The number of nitriles is 1. The first kappa shape index (κ1) is 19.6. The highest BCUT2D eigenvalue weighted by Gasteiger charge is 2.57. The van der Waals surface area contributed by atoms with Crippen molar-refractivity contribution in [3.63, 3.8) is 0 Å². The summed E-state index contributed by atoms with van der Waals surface area (Å²) in [6.07, 6.45) is 6.15. The number of carbonyl (C=O) groups excluding carboxylic acids is 2. The van der Waals surface area contributed by atoms with Crippen LogP contribution in [0.4, 0.5) is 0 Å². The third-order valence-corrected chi connectivity index (χ3v) is 7.77. The number of carbonyl (C=O) groups is 2. The smallest absolute Gasteiger partial charge is 0.329 e. The minimum Gasteiger partial charge on any atom is -0.459 e. The molecular weight excluding hydrogens is 380 g/mol. The van der Waals surface area contributed by atoms with Crippen molar-refractivity contribution in [2.45, 2.75) is 63.7 Å². The average molecular weight is 408 g/mol. The Morgan fingerprint density at radius 2 is 1.67 bits per heavy atom. The van der Waals surface area contributed by atoms with E-state index in [1.807, 2.05) is 0 Å². The molecule has 6 rings (SSSR count). The fourth-order valence-electron chi connectivity index (χ4n) is 6.87. The van der Waals surface area contributed by atoms with Gasteiger partial charge < -0.3 is 14.7 Å². The van der Waals surface area contributed by atoms with Gasteiger partial charge in [-0.2, -0.15) is 5.26 Å². The Balaban J connectivity index is 1.28. The number of hydrogen-bond donors (Lipinski definition) is 1. The molecule has 0 unspecified atom stereocenters. The lowest BCUT2D eigenvalue weighted by atomic mass is 9.49. The first-order chi connectivity index (χ1) is 14.5. The summed E-state index contributed by atoms with van der Waals surface area (Å²) < 4.78 is 5.51. The number of aliphatic hydroxyl groups excluding tert-OH is 1. The number of benzene rings is 1. The minimum atomic E-state index is -0.709. The largest absolute Gasteiger partial charge is 0.459 e. The molecule has 4 bridgehead atoms. The predicted octanol–water partition coefficient (Wildman–Crippen LogP) is 2.78. The highest BCUT2D eigenvalue weighted by atomic mass is 16.5. The monoisotopic (exact) mass is 408 g/mol. The number of β-amino-alcohol motifs (C(OH)–C–C–N with tert-alkyl or cyclic N) is 1. The first-order valence-corrected chi connectivity index (χ1v) is 11.1. The number of likely N-dealkylation sites (tertiary alicyclic amines) is 1. The standard InChI is InChI=1S/C24H28N2O4/c25-12-15-1-3-16(4-2-15)14-30-22(28)21-8-20(27)13-26(21)23(29)24-9-17-5-18(10-24)7-19(6-17)11-24/h1-4,17-21,27H,5-11,13-14H2/t17?,18?,19?,20-,21-,24?/m1/s1. The summed E-state index contributed by atoms with van der Waals surface area (Å²) >= 11 is 0. The van der Waals surface area contributed by atoms with Crippen molar-refractivity contribution >= 4 is 11.9 Å². The number of rotatable bonds is 4. The van der Waals surface area contributed by atoms with Crippen LogP contribution in [0.2, 0.25) is 0 Å². The second-order valence-electron chi connectivity index (χ2n) is 9.98. The summed E-state index contributed by atoms with van der Waals surface area (Å²) in [5, 5.41) is 19.1. The molecule has 6 heteroatoms. The predicted molar refractivity (Wildman–Crippen MR) is 108 cm³/mol. The minimum absolute atomic E-state index is 0.0680. The molecule has 1 amide bonds. The van der Waals surface area contributed by atoms with Crippen molar-refractivity contribution in [1.29, 1.82) is 5.26 Å². The van der Waals surface area contributed by atoms with Crippen LogP contribution in [-0.2, 0) is 20.9 Å². The Labute approximate surface area is 176 Å². The Morgan fingerprint density at radius 3 is 2.23 bits per heavy atom. The molecule has 1 N–H and O–H groups in total. The van der Waals surface area contributed by atoms with Crippen molar-refractivity contribution in [3.8, 4) is 6.07 Å². The molecule has 1 aromatic carbocycles. The SMILES string of the molecule is N#Cc1ccc(COC(=O)[C@H]2C[C@@H](O)CN2C(=O)C23CC4CC(CC(C4)C2)C3)cc1. The Morgan fingerprint density at radius 1 is 1.07 bits per heavy atom. The maximum atomic E-state index is 13.7. The van der Waals surface area contributed by atoms with Crippen LogP contribution in [-0.4, -0.2) is 40.6 Å². The zero-order valence-corrected chi connectivity index (χ0v) is 17.1. The van der Waals surface area contributed by atoms with Crippen molar-refractivity contribution in [3.05, 3.63) is 35.4 Å². The summed E-state index contributed by atoms with van der Waals surface area (Å²) in [6.45, 7) is 0.313. The highest BCUT2D eigenvalue weighted by Crippen LogP contribution is 2.60. The van der Waals surface area contributed by atoms with Crippen molar-refractivity contribution < 1.29 is 19.4 Å². The van der Waals surface area contributed by atoms with Crippen molar-refractivity contribution in [2.75, 3.05) is 6.54 Å². The van der Waals surface area contributed by atoms with E-state index in [-0.39, 0.29) is 30.9 Å². The number of hydrogen-bond acceptors (Lipinski definition) is 5. The maximum Gasteiger partial charge on any atom is 0.329 e. The Bertz CT molecular complexity index is 852. The van der Waals surface area contributed by atoms with Gasteiger partial charge in [0.15, 0.2) is 0 Å². The Hall–Kier alpha value is -2.39. The number of ether oxygens (including phenoxy) is 1. The molecule has 0 aromatic heterocycles. The summed E-state index contributed by atoms with van der Waals surface area (Å²) in [6, 6.07) is 8.24. The molecule has 6 nitrogen and oxygen atoms in total. The fraction of sp³-hybridized carbons (Fsp3) is 0.625. The van der Waals surface area contributed by atoms with E-state index in [9.17, 15) is 14.7 Å². The average Bonchev–Trinajstić information content (AvgIpc) is 3.12. The molecular formula is C24H28N2O4. The quantitative estimate of drug-likeness (QED) is 0.774. The normalized spacial score (nSPS) is 36.5. The molecule has 0 spiro atoms. The van der Waals surface area contributed by atoms with E-state index < -0.39 is 18.1 Å². The zero-order chi connectivity index (χ0) is 20.9. The van der Waals surface area contributed by atoms with E-state index in [0.29, 0.717) is 23.3 Å². The third kappa shape index (κ3) is 3.39. The molecule has 1 aliphatic heterocycles. The number of nitrogens with zero attached hydrogens (tertiary/aromatic N) is 2. The van der Waals surface area contributed by atoms with Crippen LogP contribution in [0.25, 0.3) is 0 Å². The van der Waals surface area contributed by atoms with Crippen LogP contribution in [0.15, 0.2) is 24.3 Å². The van der Waals surface area contributed by atoms with Crippen molar-refractivity contribution in [2.24, 2.45) is 23.2 Å². The second-order valence-corrected chi connectivity index (χ2v) is 9.98. The van der Waals surface area contributed by atoms with Gasteiger partial charge in [0.1, 0.15) is 12.6 Å². The van der Waals surface area contributed by atoms with E-state index in [4.69, 9.17) is 10.00 Å². The summed E-state index contributed by atoms with van der Waals surface area (Å²) in [5.41, 5.74) is 1.01. The van der Waals surface area contributed by atoms with Crippen molar-refractivity contribution in [1.82, 2.24) is 4.90 Å². The lowest BCUT2D eigenvalue weighted by Crippen LogP contribution is -2.56. The van der Waals surface area contributed by atoms with Gasteiger partial charge in [0.25, 0.3) is 0 Å². The van der Waals surface area contributed by atoms with Crippen LogP contribution in [0, 0.1) is 34.5 Å². The number of amides is 1. The first-order valence-electron chi connectivity index (χ1n) is 11.1. The summed E-state index contributed by atoms with van der Waals surface area (Å²) in [4.78, 5) is 28.2. The molecule has 5 fully saturated rings. The topological polar surface area (TPSA) is 90.6 Å². The number of aliphatic hydroxyl groups is 1. The van der Waals surface area contributed by atoms with E-state index in [1.165, 1.54) is 19.3 Å². The maximum absolute atomic E-state index is 13.7. The van der Waals surface area contributed by atoms with Gasteiger partial charge >= 0.3 is 5.97 Å². The van der Waals surface area contributed by atoms with Gasteiger partial charge in [-0.05, 0) is 74.0 Å². The van der Waals surface area contributed by atoms with E-state index in [2.05, 4.69) is 6.07 Å². The van der Waals surface area contributed by atoms with Crippen LogP contribution < -0.4 is 0 Å². The fourth-order valence-corrected chi connectivity index (χ4v) is 6.87. The lowest BCUT2D eigenvalue weighted by Gasteiger charge is -2.56. The third-order valence-electron chi connectivity index (χ3n) is 7.77. The zero-order valence-electron chi connectivity index (χ0n) is 17.1.